The number of thioether (sulfide) groups is 1. The molecule has 1 aromatic carbocycles. The Morgan fingerprint density at radius 3 is 2.52 bits per heavy atom. The van der Waals surface area contributed by atoms with Gasteiger partial charge in [-0.1, -0.05) is 35.1 Å². The molecule has 2 heterocycles. The van der Waals surface area contributed by atoms with Gasteiger partial charge in [0.05, 0.1) is 16.4 Å². The van der Waals surface area contributed by atoms with E-state index in [1.54, 1.807) is 0 Å². The molecule has 0 fully saturated rings. The second-order valence-electron chi connectivity index (χ2n) is 5.08. The molecule has 0 saturated heterocycles. The topological polar surface area (TPSA) is 125 Å². The zero-order chi connectivity index (χ0) is 17.8. The second-order valence-corrected chi connectivity index (χ2v) is 6.41. The first-order valence-electron chi connectivity index (χ1n) is 7.28. The normalized spacial score (nSPS) is 11.5. The molecule has 0 spiro atoms. The summed E-state index contributed by atoms with van der Waals surface area (Å²) in [4.78, 5) is 8.55. The number of anilines is 1. The molecule has 2 N–H and O–H groups in total. The first-order chi connectivity index (χ1) is 12.1. The van der Waals surface area contributed by atoms with Crippen LogP contribution >= 0.6 is 11.8 Å². The Bertz CT molecular complexity index is 987. The highest BCUT2D eigenvalue weighted by Crippen LogP contribution is 2.35. The minimum absolute atomic E-state index is 0.0919. The number of nitrogens with zero attached hydrogens (tertiary/aromatic N) is 5. The minimum Gasteiger partial charge on any atom is -0.383 e. The van der Waals surface area contributed by atoms with E-state index in [1.165, 1.54) is 17.8 Å². The molecule has 0 aliphatic rings. The number of aromatic nitrogens is 3. The van der Waals surface area contributed by atoms with Crippen LogP contribution in [-0.2, 0) is 0 Å². The summed E-state index contributed by atoms with van der Waals surface area (Å²) in [6.07, 6.45) is 0. The van der Waals surface area contributed by atoms with Crippen molar-refractivity contribution < 1.29 is 4.52 Å². The van der Waals surface area contributed by atoms with Crippen LogP contribution in [0.15, 0.2) is 45.9 Å². The highest BCUT2D eigenvalue weighted by Gasteiger charge is 2.19. The lowest BCUT2D eigenvalue weighted by Crippen LogP contribution is -2.00. The van der Waals surface area contributed by atoms with Gasteiger partial charge in [0, 0.05) is 5.56 Å². The van der Waals surface area contributed by atoms with E-state index < -0.39 is 0 Å². The Morgan fingerprint density at radius 2 is 1.84 bits per heavy atom. The van der Waals surface area contributed by atoms with Crippen LogP contribution < -0.4 is 5.73 Å². The third-order valence-corrected chi connectivity index (χ3v) is 4.47. The molecule has 2 aromatic heterocycles. The van der Waals surface area contributed by atoms with Crippen molar-refractivity contribution in [1.82, 2.24) is 15.1 Å². The monoisotopic (exact) mass is 348 g/mol. The Kier molecular flexibility index (Phi) is 4.64. The van der Waals surface area contributed by atoms with Crippen molar-refractivity contribution in [2.45, 2.75) is 17.2 Å². The Labute approximate surface area is 148 Å². The molecule has 0 saturated carbocycles. The molecule has 0 amide bonds. The number of pyridine rings is 1. The first-order valence-corrected chi connectivity index (χ1v) is 8.16. The molecule has 0 radical (unpaired) electrons. The maximum absolute atomic E-state index is 9.26. The molecule has 0 bridgehead atoms. The molecule has 122 valence electrons. The van der Waals surface area contributed by atoms with Crippen molar-refractivity contribution in [2.75, 3.05) is 5.73 Å². The van der Waals surface area contributed by atoms with Gasteiger partial charge in [0.25, 0.3) is 5.89 Å². The van der Waals surface area contributed by atoms with Gasteiger partial charge < -0.3 is 10.3 Å². The van der Waals surface area contributed by atoms with E-state index in [0.29, 0.717) is 16.7 Å². The SMILES string of the molecule is C[C@@H](Sc1nc(N)c(C#N)cc1C#N)c1noc(-c2ccccc2)n1. The number of nitrogens with two attached hydrogens (primary N) is 1. The average Bonchev–Trinajstić information content (AvgIpc) is 3.13. The van der Waals surface area contributed by atoms with E-state index >= 15 is 0 Å². The van der Waals surface area contributed by atoms with Gasteiger partial charge in [-0.15, -0.1) is 0 Å². The predicted molar refractivity (Wildman–Crippen MR) is 92.1 cm³/mol. The Balaban J connectivity index is 1.85. The summed E-state index contributed by atoms with van der Waals surface area (Å²) in [7, 11) is 0. The molecule has 3 rings (SSSR count). The predicted octanol–water partition coefficient (Wildman–Crippen LogP) is 3.31. The van der Waals surface area contributed by atoms with Gasteiger partial charge in [-0.05, 0) is 25.1 Å². The summed E-state index contributed by atoms with van der Waals surface area (Å²) < 4.78 is 5.30. The van der Waals surface area contributed by atoms with Crippen molar-refractivity contribution in [1.29, 1.82) is 10.5 Å². The standard InChI is InChI=1S/C17H12N6OS/c1-10(15-22-16(24-23-15)11-5-3-2-4-6-11)25-17-13(9-19)7-12(8-18)14(20)21-17/h2-7,10H,1H3,(H2,20,21)/t10-/m1/s1. The Morgan fingerprint density at radius 1 is 1.12 bits per heavy atom. The molecule has 1 atom stereocenters. The fourth-order valence-corrected chi connectivity index (χ4v) is 3.01. The number of rotatable bonds is 4. The van der Waals surface area contributed by atoms with Gasteiger partial charge >= 0.3 is 0 Å². The number of benzene rings is 1. The third kappa shape index (κ3) is 3.44. The smallest absolute Gasteiger partial charge is 0.257 e. The van der Waals surface area contributed by atoms with E-state index in [0.717, 1.165) is 5.56 Å². The van der Waals surface area contributed by atoms with Gasteiger partial charge in [0.15, 0.2) is 5.82 Å². The second kappa shape index (κ2) is 7.04. The first kappa shape index (κ1) is 16.5. The molecule has 8 heteroatoms. The zero-order valence-corrected chi connectivity index (χ0v) is 14.0. The highest BCUT2D eigenvalue weighted by atomic mass is 32.2. The quantitative estimate of drug-likeness (QED) is 0.712. The van der Waals surface area contributed by atoms with Crippen LogP contribution in [0.1, 0.15) is 29.1 Å². The molecular weight excluding hydrogens is 336 g/mol. The van der Waals surface area contributed by atoms with Crippen LogP contribution in [0.2, 0.25) is 0 Å². The lowest BCUT2D eigenvalue weighted by atomic mass is 10.2. The van der Waals surface area contributed by atoms with E-state index in [2.05, 4.69) is 15.1 Å². The maximum Gasteiger partial charge on any atom is 0.257 e. The summed E-state index contributed by atoms with van der Waals surface area (Å²) in [5.74, 6) is 1.00. The van der Waals surface area contributed by atoms with Crippen molar-refractivity contribution >= 4 is 17.6 Å². The summed E-state index contributed by atoms with van der Waals surface area (Å²) in [6, 6.07) is 14.8. The zero-order valence-electron chi connectivity index (χ0n) is 13.2. The van der Waals surface area contributed by atoms with Crippen LogP contribution in [0, 0.1) is 22.7 Å². The maximum atomic E-state index is 9.26. The van der Waals surface area contributed by atoms with Crippen molar-refractivity contribution in [3.05, 3.63) is 53.3 Å². The van der Waals surface area contributed by atoms with Gasteiger partial charge in [-0.3, -0.25) is 0 Å². The molecule has 7 nitrogen and oxygen atoms in total. The van der Waals surface area contributed by atoms with Crippen molar-refractivity contribution in [3.63, 3.8) is 0 Å². The largest absolute Gasteiger partial charge is 0.383 e. The lowest BCUT2D eigenvalue weighted by Gasteiger charge is -2.08. The molecule has 0 aliphatic carbocycles. The van der Waals surface area contributed by atoms with Gasteiger partial charge in [-0.25, -0.2) is 4.98 Å². The van der Waals surface area contributed by atoms with Crippen molar-refractivity contribution in [2.24, 2.45) is 0 Å². The number of nitrogen functional groups attached to an aromatic ring is 1. The van der Waals surface area contributed by atoms with E-state index in [-0.39, 0.29) is 22.2 Å². The van der Waals surface area contributed by atoms with Gasteiger partial charge in [-0.2, -0.15) is 15.5 Å². The summed E-state index contributed by atoms with van der Waals surface area (Å²) in [5, 5.41) is 22.5. The summed E-state index contributed by atoms with van der Waals surface area (Å²) in [6.45, 7) is 1.88. The molecule has 0 aliphatic heterocycles. The average molecular weight is 348 g/mol. The van der Waals surface area contributed by atoms with Gasteiger partial charge in [0.2, 0.25) is 0 Å². The van der Waals surface area contributed by atoms with E-state index in [4.69, 9.17) is 15.5 Å². The van der Waals surface area contributed by atoms with Crippen LogP contribution in [0.4, 0.5) is 5.82 Å². The number of hydrogen-bond acceptors (Lipinski definition) is 8. The summed E-state index contributed by atoms with van der Waals surface area (Å²) >= 11 is 1.28. The molecule has 0 unspecified atom stereocenters. The van der Waals surface area contributed by atoms with Crippen LogP contribution in [0.5, 0.6) is 0 Å². The van der Waals surface area contributed by atoms with Crippen LogP contribution in [0.3, 0.4) is 0 Å². The fraction of sp³-hybridized carbons (Fsp3) is 0.118. The molecular formula is C17H12N6OS. The lowest BCUT2D eigenvalue weighted by molar-refractivity contribution is 0.423. The highest BCUT2D eigenvalue weighted by molar-refractivity contribution is 7.99. The third-order valence-electron chi connectivity index (χ3n) is 3.37. The Hall–Kier alpha value is -3.36. The molecule has 3 aromatic rings. The van der Waals surface area contributed by atoms with Crippen molar-refractivity contribution in [3.8, 4) is 23.6 Å². The van der Waals surface area contributed by atoms with E-state index in [1.807, 2.05) is 49.4 Å². The summed E-state index contributed by atoms with van der Waals surface area (Å²) in [5.41, 5.74) is 7.04. The minimum atomic E-state index is -0.215. The molecule has 25 heavy (non-hydrogen) atoms. The fourth-order valence-electron chi connectivity index (χ4n) is 2.09. The van der Waals surface area contributed by atoms with Crippen LogP contribution in [0.25, 0.3) is 11.5 Å². The number of hydrogen-bond donors (Lipinski definition) is 1. The van der Waals surface area contributed by atoms with Gasteiger partial charge in [0.1, 0.15) is 23.0 Å². The van der Waals surface area contributed by atoms with Crippen LogP contribution in [-0.4, -0.2) is 15.1 Å². The number of nitriles is 2. The van der Waals surface area contributed by atoms with E-state index in [9.17, 15) is 5.26 Å².